The molecule has 0 aliphatic heterocycles. The molecule has 0 aromatic carbocycles. The number of hydrogen-bond donors (Lipinski definition) is 1. The second kappa shape index (κ2) is 3.70. The molecule has 0 radical (unpaired) electrons. The van der Waals surface area contributed by atoms with E-state index in [4.69, 9.17) is 0 Å². The number of carbonyl (C=O) groups excluding carboxylic acids is 1. The minimum absolute atomic E-state index is 0.00443. The molecule has 1 spiro atoms. The maximum Gasteiger partial charge on any atom is 0.309 e. The third-order valence-electron chi connectivity index (χ3n) is 9.74. The molecule has 0 aromatic rings. The first-order chi connectivity index (χ1) is 10.7. The summed E-state index contributed by atoms with van der Waals surface area (Å²) in [5.41, 5.74) is -0.625. The van der Waals surface area contributed by atoms with Crippen molar-refractivity contribution in [1.82, 2.24) is 0 Å². The van der Waals surface area contributed by atoms with Gasteiger partial charge in [-0.2, -0.15) is 0 Å². The SMILES string of the molecule is C[C@@]12CCC[C@@](C)(C(=O)O)[C@H]1CC[C@@]13C[C@H]4[C@@H](C[C@H]12)[C@@]4(C)C3=O. The van der Waals surface area contributed by atoms with Gasteiger partial charge in [0.2, 0.25) is 0 Å². The van der Waals surface area contributed by atoms with Crippen molar-refractivity contribution in [3.8, 4) is 0 Å². The lowest BCUT2D eigenvalue weighted by Crippen LogP contribution is -2.61. The first kappa shape index (κ1) is 14.5. The van der Waals surface area contributed by atoms with Gasteiger partial charge in [0, 0.05) is 10.8 Å². The molecule has 0 amide bonds. The Morgan fingerprint density at radius 3 is 2.43 bits per heavy atom. The number of carboxylic acids is 1. The van der Waals surface area contributed by atoms with Crippen LogP contribution in [-0.2, 0) is 9.59 Å². The first-order valence-electron chi connectivity index (χ1n) is 9.49. The van der Waals surface area contributed by atoms with Gasteiger partial charge in [-0.05, 0) is 74.5 Å². The van der Waals surface area contributed by atoms with Crippen LogP contribution in [0.4, 0.5) is 0 Å². The van der Waals surface area contributed by atoms with E-state index in [1.54, 1.807) is 0 Å². The van der Waals surface area contributed by atoms with E-state index in [0.29, 0.717) is 23.5 Å². The van der Waals surface area contributed by atoms with Gasteiger partial charge in [0.15, 0.2) is 0 Å². The molecular formula is C20H28O3. The van der Waals surface area contributed by atoms with E-state index >= 15 is 0 Å². The topological polar surface area (TPSA) is 54.4 Å². The minimum Gasteiger partial charge on any atom is -0.481 e. The Morgan fingerprint density at radius 1 is 1.09 bits per heavy atom. The van der Waals surface area contributed by atoms with Crippen molar-refractivity contribution in [3.63, 3.8) is 0 Å². The lowest BCUT2D eigenvalue weighted by atomic mass is 9.39. The average Bonchev–Trinajstić information content (AvgIpc) is 3.03. The fourth-order valence-corrected chi connectivity index (χ4v) is 8.53. The Hall–Kier alpha value is -0.860. The smallest absolute Gasteiger partial charge is 0.309 e. The van der Waals surface area contributed by atoms with Crippen LogP contribution in [0.25, 0.3) is 0 Å². The van der Waals surface area contributed by atoms with Crippen molar-refractivity contribution in [2.45, 2.75) is 65.7 Å². The van der Waals surface area contributed by atoms with Crippen LogP contribution in [0.1, 0.15) is 65.7 Å². The van der Waals surface area contributed by atoms with Crippen LogP contribution in [-0.4, -0.2) is 16.9 Å². The van der Waals surface area contributed by atoms with Crippen molar-refractivity contribution in [2.75, 3.05) is 0 Å². The number of rotatable bonds is 1. The predicted octanol–water partition coefficient (Wildman–Crippen LogP) is 3.91. The maximum absolute atomic E-state index is 13.3. The van der Waals surface area contributed by atoms with E-state index in [9.17, 15) is 14.7 Å². The lowest BCUT2D eigenvalue weighted by Gasteiger charge is -2.64. The largest absolute Gasteiger partial charge is 0.481 e. The molecule has 3 nitrogen and oxygen atoms in total. The van der Waals surface area contributed by atoms with Gasteiger partial charge >= 0.3 is 5.97 Å². The Kier molecular flexibility index (Phi) is 2.33. The van der Waals surface area contributed by atoms with Crippen molar-refractivity contribution in [2.24, 2.45) is 45.3 Å². The molecule has 126 valence electrons. The van der Waals surface area contributed by atoms with Crippen LogP contribution in [0.2, 0.25) is 0 Å². The van der Waals surface area contributed by atoms with E-state index < -0.39 is 11.4 Å². The third-order valence-corrected chi connectivity index (χ3v) is 9.74. The fraction of sp³-hybridized carbons (Fsp3) is 0.900. The van der Waals surface area contributed by atoms with Gasteiger partial charge in [-0.15, -0.1) is 0 Å². The summed E-state index contributed by atoms with van der Waals surface area (Å²) in [7, 11) is 0. The predicted molar refractivity (Wildman–Crippen MR) is 85.7 cm³/mol. The maximum atomic E-state index is 13.3. The highest BCUT2D eigenvalue weighted by Crippen LogP contribution is 2.83. The Labute approximate surface area is 138 Å². The highest BCUT2D eigenvalue weighted by molar-refractivity contribution is 5.98. The molecule has 4 bridgehead atoms. The van der Waals surface area contributed by atoms with E-state index in [1.165, 1.54) is 6.42 Å². The lowest BCUT2D eigenvalue weighted by molar-refractivity contribution is -0.188. The van der Waals surface area contributed by atoms with Crippen molar-refractivity contribution in [1.29, 1.82) is 0 Å². The zero-order chi connectivity index (χ0) is 16.4. The first-order valence-corrected chi connectivity index (χ1v) is 9.49. The Bertz CT molecular complexity index is 641. The minimum atomic E-state index is -0.616. The quantitative estimate of drug-likeness (QED) is 0.798. The van der Waals surface area contributed by atoms with E-state index in [1.807, 2.05) is 6.92 Å². The van der Waals surface area contributed by atoms with Gasteiger partial charge < -0.3 is 5.11 Å². The molecule has 0 heterocycles. The van der Waals surface area contributed by atoms with E-state index in [0.717, 1.165) is 38.5 Å². The summed E-state index contributed by atoms with van der Waals surface area (Å²) in [6.45, 7) is 6.53. The van der Waals surface area contributed by atoms with Crippen LogP contribution < -0.4 is 0 Å². The number of aliphatic carboxylic acids is 1. The molecule has 8 atom stereocenters. The van der Waals surface area contributed by atoms with Crippen LogP contribution >= 0.6 is 0 Å². The number of carbonyl (C=O) groups is 2. The van der Waals surface area contributed by atoms with Crippen molar-refractivity contribution < 1.29 is 14.7 Å². The van der Waals surface area contributed by atoms with Crippen molar-refractivity contribution >= 4 is 11.8 Å². The van der Waals surface area contributed by atoms with Crippen LogP contribution in [0.3, 0.4) is 0 Å². The summed E-state index contributed by atoms with van der Waals surface area (Å²) in [6.07, 6.45) is 7.13. The standard InChI is InChI=1S/C20H28O3/c1-17-6-4-7-18(2,16(22)23)13(17)5-8-20-10-12-11(9-14(17)20)19(12,3)15(20)21/h11-14H,4-10H2,1-3H3,(H,22,23)/t11-,12+,13+,14+,17-,18-,19-,20-/m1/s1. The normalized spacial score (nSPS) is 62.5. The average molecular weight is 316 g/mol. The third kappa shape index (κ3) is 1.27. The van der Waals surface area contributed by atoms with E-state index in [2.05, 4.69) is 13.8 Å². The summed E-state index contributed by atoms with van der Waals surface area (Å²) in [5.74, 6) is 1.90. The van der Waals surface area contributed by atoms with Gasteiger partial charge in [-0.25, -0.2) is 0 Å². The highest BCUT2D eigenvalue weighted by atomic mass is 16.4. The molecule has 23 heavy (non-hydrogen) atoms. The van der Waals surface area contributed by atoms with Gasteiger partial charge in [0.05, 0.1) is 5.41 Å². The molecule has 3 heteroatoms. The number of ketones is 1. The molecule has 6 rings (SSSR count). The van der Waals surface area contributed by atoms with Crippen LogP contribution in [0, 0.1) is 45.3 Å². The van der Waals surface area contributed by atoms with Gasteiger partial charge in [-0.3, -0.25) is 9.59 Å². The fourth-order valence-electron chi connectivity index (χ4n) is 8.53. The van der Waals surface area contributed by atoms with Crippen molar-refractivity contribution in [3.05, 3.63) is 0 Å². The summed E-state index contributed by atoms with van der Waals surface area (Å²) >= 11 is 0. The molecule has 0 aromatic heterocycles. The summed E-state index contributed by atoms with van der Waals surface area (Å²) < 4.78 is 0. The highest BCUT2D eigenvalue weighted by Gasteiger charge is 2.83. The summed E-state index contributed by atoms with van der Waals surface area (Å²) in [4.78, 5) is 25.3. The Morgan fingerprint density at radius 2 is 1.83 bits per heavy atom. The van der Waals surface area contributed by atoms with Crippen LogP contribution in [0.15, 0.2) is 0 Å². The Balaban J connectivity index is 1.60. The molecule has 0 unspecified atom stereocenters. The monoisotopic (exact) mass is 316 g/mol. The number of hydrogen-bond acceptors (Lipinski definition) is 2. The number of fused-ring (bicyclic) bond motifs is 1. The van der Waals surface area contributed by atoms with Crippen LogP contribution in [0.5, 0.6) is 0 Å². The van der Waals surface area contributed by atoms with Gasteiger partial charge in [-0.1, -0.05) is 20.3 Å². The van der Waals surface area contributed by atoms with Gasteiger partial charge in [0.25, 0.3) is 0 Å². The second-order valence-electron chi connectivity index (χ2n) is 10.1. The van der Waals surface area contributed by atoms with E-state index in [-0.39, 0.29) is 22.2 Å². The summed E-state index contributed by atoms with van der Waals surface area (Å²) in [5, 5.41) is 9.91. The zero-order valence-corrected chi connectivity index (χ0v) is 14.5. The summed E-state index contributed by atoms with van der Waals surface area (Å²) in [6, 6.07) is 0. The molecular weight excluding hydrogens is 288 g/mol. The second-order valence-corrected chi connectivity index (χ2v) is 10.1. The molecule has 6 saturated carbocycles. The zero-order valence-electron chi connectivity index (χ0n) is 14.5. The van der Waals surface area contributed by atoms with Gasteiger partial charge in [0.1, 0.15) is 5.78 Å². The molecule has 0 saturated heterocycles. The molecule has 6 fully saturated rings. The molecule has 6 aliphatic carbocycles. The molecule has 6 aliphatic rings. The number of carboxylic acid groups (broad SMARTS) is 1. The number of Topliss-reactive ketones (excluding diaryl/α,β-unsaturated/α-hetero) is 1. The molecule has 1 N–H and O–H groups in total.